The molecule has 2 N–H and O–H groups in total. The Labute approximate surface area is 108 Å². The molecule has 0 bridgehead atoms. The molecule has 0 aliphatic heterocycles. The summed E-state index contributed by atoms with van der Waals surface area (Å²) in [5, 5.41) is 13.5. The average Bonchev–Trinajstić information content (AvgIpc) is 2.77. The average molecular weight is 263 g/mol. The fourth-order valence-electron chi connectivity index (χ4n) is 1.51. The van der Waals surface area contributed by atoms with E-state index in [1.54, 1.807) is 20.2 Å². The normalized spacial score (nSPS) is 10.4. The number of likely N-dealkylation sites (N-methyl/N-ethyl adjacent to an activating group) is 1. The van der Waals surface area contributed by atoms with E-state index in [0.29, 0.717) is 17.0 Å². The molecule has 2 aromatic rings. The standard InChI is InChI=1S/C11H13N5O3/c1-15(2)10(17)6-12-11-13-8-4-3-7(16(18)19)5-9(8)14-11/h3-5H,6H2,1-2H3,(H2,12,13,14). The number of nitrogens with one attached hydrogen (secondary N) is 2. The van der Waals surface area contributed by atoms with E-state index < -0.39 is 4.92 Å². The van der Waals surface area contributed by atoms with Crippen molar-refractivity contribution in [1.82, 2.24) is 14.9 Å². The predicted molar refractivity (Wildman–Crippen MR) is 69.9 cm³/mol. The van der Waals surface area contributed by atoms with Crippen LogP contribution >= 0.6 is 0 Å². The molecule has 1 heterocycles. The van der Waals surface area contributed by atoms with Crippen LogP contribution in [0.15, 0.2) is 18.2 Å². The Bertz CT molecular complexity index is 634. The van der Waals surface area contributed by atoms with E-state index >= 15 is 0 Å². The minimum Gasteiger partial charge on any atom is -0.347 e. The number of nitrogens with zero attached hydrogens (tertiary/aromatic N) is 3. The molecule has 0 saturated heterocycles. The summed E-state index contributed by atoms with van der Waals surface area (Å²) < 4.78 is 0. The SMILES string of the molecule is CN(C)C(=O)CNc1nc2ccc([N+](=O)[O-])cc2[nH]1. The summed E-state index contributed by atoms with van der Waals surface area (Å²) in [7, 11) is 3.32. The smallest absolute Gasteiger partial charge is 0.271 e. The van der Waals surface area contributed by atoms with Gasteiger partial charge in [-0.2, -0.15) is 0 Å². The number of aromatic amines is 1. The number of nitro benzene ring substituents is 1. The molecule has 1 aromatic carbocycles. The Morgan fingerprint density at radius 3 is 2.89 bits per heavy atom. The van der Waals surface area contributed by atoms with Crippen LogP contribution in [0.25, 0.3) is 11.0 Å². The summed E-state index contributed by atoms with van der Waals surface area (Å²) in [6.45, 7) is 0.106. The van der Waals surface area contributed by atoms with E-state index in [-0.39, 0.29) is 18.1 Å². The molecule has 8 heteroatoms. The van der Waals surface area contributed by atoms with Gasteiger partial charge in [0.15, 0.2) is 0 Å². The Kier molecular flexibility index (Phi) is 3.32. The highest BCUT2D eigenvalue weighted by atomic mass is 16.6. The number of hydrogen-bond donors (Lipinski definition) is 2. The summed E-state index contributed by atoms with van der Waals surface area (Å²) in [4.78, 5) is 30.1. The number of fused-ring (bicyclic) bond motifs is 1. The number of imidazole rings is 1. The van der Waals surface area contributed by atoms with Gasteiger partial charge in [-0.25, -0.2) is 4.98 Å². The number of H-pyrrole nitrogens is 1. The van der Waals surface area contributed by atoms with E-state index in [0.717, 1.165) is 0 Å². The van der Waals surface area contributed by atoms with Crippen molar-refractivity contribution in [3.8, 4) is 0 Å². The zero-order valence-electron chi connectivity index (χ0n) is 10.5. The van der Waals surface area contributed by atoms with Gasteiger partial charge < -0.3 is 15.2 Å². The lowest BCUT2D eigenvalue weighted by Crippen LogP contribution is -2.28. The van der Waals surface area contributed by atoms with Crippen LogP contribution in [-0.4, -0.2) is 46.3 Å². The molecule has 1 aromatic heterocycles. The molecule has 0 unspecified atom stereocenters. The van der Waals surface area contributed by atoms with Gasteiger partial charge in [0.05, 0.1) is 22.5 Å². The maximum atomic E-state index is 11.4. The van der Waals surface area contributed by atoms with Crippen molar-refractivity contribution >= 4 is 28.6 Å². The lowest BCUT2D eigenvalue weighted by atomic mass is 10.3. The summed E-state index contributed by atoms with van der Waals surface area (Å²) in [6, 6.07) is 4.35. The van der Waals surface area contributed by atoms with Crippen LogP contribution in [0.1, 0.15) is 0 Å². The van der Waals surface area contributed by atoms with Gasteiger partial charge in [0.1, 0.15) is 0 Å². The highest BCUT2D eigenvalue weighted by molar-refractivity contribution is 5.82. The minimum absolute atomic E-state index is 0.00734. The third-order valence-corrected chi connectivity index (χ3v) is 2.58. The van der Waals surface area contributed by atoms with Crippen molar-refractivity contribution < 1.29 is 9.72 Å². The first-order chi connectivity index (χ1) is 8.97. The first-order valence-electron chi connectivity index (χ1n) is 5.55. The zero-order valence-corrected chi connectivity index (χ0v) is 10.5. The number of aromatic nitrogens is 2. The Balaban J connectivity index is 2.17. The molecular formula is C11H13N5O3. The summed E-state index contributed by atoms with van der Waals surface area (Å²) in [5.41, 5.74) is 1.14. The molecule has 0 aliphatic carbocycles. The van der Waals surface area contributed by atoms with Crippen LogP contribution in [-0.2, 0) is 4.79 Å². The van der Waals surface area contributed by atoms with Crippen LogP contribution in [0.5, 0.6) is 0 Å². The third-order valence-electron chi connectivity index (χ3n) is 2.58. The maximum absolute atomic E-state index is 11.4. The number of rotatable bonds is 4. The monoisotopic (exact) mass is 263 g/mol. The summed E-state index contributed by atoms with van der Waals surface area (Å²) >= 11 is 0. The van der Waals surface area contributed by atoms with Crippen molar-refractivity contribution in [2.45, 2.75) is 0 Å². The molecule has 8 nitrogen and oxygen atoms in total. The van der Waals surface area contributed by atoms with Gasteiger partial charge in [0.25, 0.3) is 5.69 Å². The van der Waals surface area contributed by atoms with E-state index in [4.69, 9.17) is 0 Å². The molecule has 19 heavy (non-hydrogen) atoms. The van der Waals surface area contributed by atoms with E-state index in [1.165, 1.54) is 17.0 Å². The number of anilines is 1. The lowest BCUT2D eigenvalue weighted by Gasteiger charge is -2.09. The summed E-state index contributed by atoms with van der Waals surface area (Å²) in [5.74, 6) is 0.317. The van der Waals surface area contributed by atoms with Crippen LogP contribution in [0.2, 0.25) is 0 Å². The van der Waals surface area contributed by atoms with Crippen LogP contribution in [0.3, 0.4) is 0 Å². The molecule has 0 fully saturated rings. The predicted octanol–water partition coefficient (Wildman–Crippen LogP) is 0.971. The van der Waals surface area contributed by atoms with Crippen LogP contribution in [0.4, 0.5) is 11.6 Å². The van der Waals surface area contributed by atoms with Gasteiger partial charge in [-0.15, -0.1) is 0 Å². The number of amides is 1. The van der Waals surface area contributed by atoms with Gasteiger partial charge in [-0.3, -0.25) is 14.9 Å². The number of benzene rings is 1. The maximum Gasteiger partial charge on any atom is 0.271 e. The minimum atomic E-state index is -0.469. The molecule has 100 valence electrons. The van der Waals surface area contributed by atoms with Gasteiger partial charge in [-0.1, -0.05) is 0 Å². The number of carbonyl (C=O) groups excluding carboxylic acids is 1. The second-order valence-electron chi connectivity index (χ2n) is 4.19. The lowest BCUT2D eigenvalue weighted by molar-refractivity contribution is -0.384. The van der Waals surface area contributed by atoms with E-state index in [2.05, 4.69) is 15.3 Å². The van der Waals surface area contributed by atoms with Gasteiger partial charge in [0, 0.05) is 26.2 Å². The Hall–Kier alpha value is -2.64. The highest BCUT2D eigenvalue weighted by Gasteiger charge is 2.10. The van der Waals surface area contributed by atoms with Gasteiger partial charge in [0.2, 0.25) is 11.9 Å². The van der Waals surface area contributed by atoms with Crippen molar-refractivity contribution in [2.75, 3.05) is 26.0 Å². The van der Waals surface area contributed by atoms with Crippen LogP contribution < -0.4 is 5.32 Å². The number of nitro groups is 1. The number of hydrogen-bond acceptors (Lipinski definition) is 5. The number of carbonyl (C=O) groups is 1. The van der Waals surface area contributed by atoms with Crippen molar-refractivity contribution in [2.24, 2.45) is 0 Å². The molecular weight excluding hydrogens is 250 g/mol. The molecule has 0 saturated carbocycles. The van der Waals surface area contributed by atoms with Crippen molar-refractivity contribution in [3.63, 3.8) is 0 Å². The van der Waals surface area contributed by atoms with Gasteiger partial charge in [-0.05, 0) is 6.07 Å². The zero-order chi connectivity index (χ0) is 14.0. The van der Waals surface area contributed by atoms with E-state index in [9.17, 15) is 14.9 Å². The molecule has 0 atom stereocenters. The fourth-order valence-corrected chi connectivity index (χ4v) is 1.51. The first kappa shape index (κ1) is 12.8. The first-order valence-corrected chi connectivity index (χ1v) is 5.55. The second-order valence-corrected chi connectivity index (χ2v) is 4.19. The topological polar surface area (TPSA) is 104 Å². The van der Waals surface area contributed by atoms with Crippen LogP contribution in [0, 0.1) is 10.1 Å². The summed E-state index contributed by atoms with van der Waals surface area (Å²) in [6.07, 6.45) is 0. The Morgan fingerprint density at radius 1 is 1.53 bits per heavy atom. The molecule has 0 aliphatic rings. The molecule has 0 radical (unpaired) electrons. The molecule has 2 rings (SSSR count). The van der Waals surface area contributed by atoms with Gasteiger partial charge >= 0.3 is 0 Å². The quantitative estimate of drug-likeness (QED) is 0.631. The molecule has 0 spiro atoms. The Morgan fingerprint density at radius 2 is 2.26 bits per heavy atom. The highest BCUT2D eigenvalue weighted by Crippen LogP contribution is 2.20. The van der Waals surface area contributed by atoms with Crippen molar-refractivity contribution in [1.29, 1.82) is 0 Å². The fraction of sp³-hybridized carbons (Fsp3) is 0.273. The van der Waals surface area contributed by atoms with Crippen molar-refractivity contribution in [3.05, 3.63) is 28.3 Å². The molecule has 1 amide bonds. The third kappa shape index (κ3) is 2.79. The number of non-ortho nitro benzene ring substituents is 1. The van der Waals surface area contributed by atoms with E-state index in [1.807, 2.05) is 0 Å². The largest absolute Gasteiger partial charge is 0.347 e. The second kappa shape index (κ2) is 4.92.